The summed E-state index contributed by atoms with van der Waals surface area (Å²) in [6, 6.07) is 17.4. The Hall–Kier alpha value is -4.85. The van der Waals surface area contributed by atoms with Crippen LogP contribution in [-0.4, -0.2) is 31.0 Å². The molecule has 3 aromatic carbocycles. The van der Waals surface area contributed by atoms with Crippen LogP contribution < -0.4 is 24.5 Å². The second-order valence-corrected chi connectivity index (χ2v) is 8.80. The van der Waals surface area contributed by atoms with Crippen molar-refractivity contribution in [3.63, 3.8) is 0 Å². The van der Waals surface area contributed by atoms with Gasteiger partial charge in [0.05, 0.1) is 26.2 Å². The number of aromatic nitrogens is 1. The second kappa shape index (κ2) is 8.67. The minimum atomic E-state index is -0.668. The SMILES string of the molecule is COc1ccc(/C=C2/Oc3c(ccc4c3[C@@H](c3cc5cc(OC)ccc5[nH]c3=O)CC(=O)O4)C2=O)cc1. The highest BCUT2D eigenvalue weighted by Gasteiger charge is 2.39. The first-order chi connectivity index (χ1) is 17.9. The first-order valence-corrected chi connectivity index (χ1v) is 11.6. The van der Waals surface area contributed by atoms with Crippen LogP contribution >= 0.6 is 0 Å². The summed E-state index contributed by atoms with van der Waals surface area (Å²) in [6.45, 7) is 0. The van der Waals surface area contributed by atoms with Crippen molar-refractivity contribution in [1.82, 2.24) is 4.98 Å². The van der Waals surface area contributed by atoms with E-state index in [1.165, 1.54) is 0 Å². The number of pyridine rings is 1. The fourth-order valence-electron chi connectivity index (χ4n) is 4.81. The number of carbonyl (C=O) groups excluding carboxylic acids is 2. The number of ether oxygens (including phenoxy) is 4. The van der Waals surface area contributed by atoms with E-state index in [-0.39, 0.29) is 29.3 Å². The van der Waals surface area contributed by atoms with E-state index in [4.69, 9.17) is 18.9 Å². The third-order valence-electron chi connectivity index (χ3n) is 6.65. The number of Topliss-reactive ketones (excluding diaryl/α,β-unsaturated/α-hetero) is 1. The van der Waals surface area contributed by atoms with Crippen LogP contribution in [0.4, 0.5) is 0 Å². The molecular weight excluding hydrogens is 474 g/mol. The first-order valence-electron chi connectivity index (χ1n) is 11.6. The molecule has 0 fully saturated rings. The van der Waals surface area contributed by atoms with Gasteiger partial charge in [-0.1, -0.05) is 12.1 Å². The number of carbonyl (C=O) groups is 2. The molecule has 0 spiro atoms. The predicted octanol–water partition coefficient (Wildman–Crippen LogP) is 4.60. The number of ketones is 1. The molecule has 1 atom stereocenters. The second-order valence-electron chi connectivity index (χ2n) is 8.80. The van der Waals surface area contributed by atoms with Crippen LogP contribution in [0.2, 0.25) is 0 Å². The minimum absolute atomic E-state index is 0.0723. The molecule has 0 saturated carbocycles. The zero-order chi connectivity index (χ0) is 25.7. The number of hydrogen-bond donors (Lipinski definition) is 1. The van der Waals surface area contributed by atoms with Crippen molar-refractivity contribution < 1.29 is 28.5 Å². The molecule has 2 aliphatic heterocycles. The van der Waals surface area contributed by atoms with Crippen molar-refractivity contribution in [2.24, 2.45) is 0 Å². The topological polar surface area (TPSA) is 104 Å². The summed E-state index contributed by atoms with van der Waals surface area (Å²) in [5.74, 6) is 0.606. The van der Waals surface area contributed by atoms with E-state index in [0.29, 0.717) is 39.5 Å². The summed E-state index contributed by atoms with van der Waals surface area (Å²) in [5.41, 5.74) is 2.28. The summed E-state index contributed by atoms with van der Waals surface area (Å²) >= 11 is 0. The van der Waals surface area contributed by atoms with Crippen LogP contribution in [0, 0.1) is 0 Å². The van der Waals surface area contributed by atoms with Gasteiger partial charge < -0.3 is 23.9 Å². The highest BCUT2D eigenvalue weighted by atomic mass is 16.5. The average molecular weight is 495 g/mol. The van der Waals surface area contributed by atoms with E-state index in [9.17, 15) is 14.4 Å². The van der Waals surface area contributed by atoms with Crippen molar-refractivity contribution in [3.8, 4) is 23.0 Å². The maximum Gasteiger partial charge on any atom is 0.312 e. The van der Waals surface area contributed by atoms with Gasteiger partial charge in [0.25, 0.3) is 5.56 Å². The van der Waals surface area contributed by atoms with Gasteiger partial charge in [-0.15, -0.1) is 0 Å². The quantitative estimate of drug-likeness (QED) is 0.251. The molecule has 3 heterocycles. The zero-order valence-electron chi connectivity index (χ0n) is 20.0. The Morgan fingerprint density at radius 2 is 1.65 bits per heavy atom. The van der Waals surface area contributed by atoms with Crippen molar-refractivity contribution >= 4 is 28.7 Å². The van der Waals surface area contributed by atoms with Gasteiger partial charge in [0.2, 0.25) is 5.78 Å². The van der Waals surface area contributed by atoms with E-state index in [2.05, 4.69) is 4.98 Å². The zero-order valence-corrected chi connectivity index (χ0v) is 20.0. The van der Waals surface area contributed by atoms with Crippen LogP contribution in [0.3, 0.4) is 0 Å². The summed E-state index contributed by atoms with van der Waals surface area (Å²) in [5, 5.41) is 0.749. The Morgan fingerprint density at radius 3 is 2.41 bits per heavy atom. The maximum atomic E-state index is 13.2. The standard InChI is InChI=1S/C29H21NO7/c1-34-17-5-3-15(4-6-17)11-24-27(32)19-8-10-23-26(28(19)37-24)20(14-25(31)36-23)21-13-16-12-18(35-2)7-9-22(16)30-29(21)33/h3-13,20H,14H2,1-2H3,(H,30,33)/b24-11+/t20-/m1/s1. The lowest BCUT2D eigenvalue weighted by Crippen LogP contribution is -2.26. The van der Waals surface area contributed by atoms with E-state index < -0.39 is 11.9 Å². The summed E-state index contributed by atoms with van der Waals surface area (Å²) in [6.07, 6.45) is 1.57. The number of esters is 1. The molecule has 0 amide bonds. The minimum Gasteiger partial charge on any atom is -0.497 e. The first kappa shape index (κ1) is 22.6. The number of nitrogens with one attached hydrogen (secondary N) is 1. The number of rotatable bonds is 4. The Balaban J connectivity index is 1.47. The Morgan fingerprint density at radius 1 is 0.892 bits per heavy atom. The molecule has 2 aliphatic rings. The molecule has 4 aromatic rings. The van der Waals surface area contributed by atoms with Gasteiger partial charge in [-0.3, -0.25) is 14.4 Å². The smallest absolute Gasteiger partial charge is 0.312 e. The van der Waals surface area contributed by atoms with Crippen LogP contribution in [0.5, 0.6) is 23.0 Å². The molecule has 0 saturated heterocycles. The van der Waals surface area contributed by atoms with E-state index in [1.54, 1.807) is 62.8 Å². The van der Waals surface area contributed by atoms with Crippen LogP contribution in [0.25, 0.3) is 17.0 Å². The van der Waals surface area contributed by atoms with Crippen LogP contribution in [0.15, 0.2) is 71.2 Å². The fraction of sp³-hybridized carbons (Fsp3) is 0.138. The van der Waals surface area contributed by atoms with Crippen molar-refractivity contribution in [2.75, 3.05) is 14.2 Å². The van der Waals surface area contributed by atoms with Gasteiger partial charge in [-0.05, 0) is 60.2 Å². The normalized spacial score (nSPS) is 17.2. The largest absolute Gasteiger partial charge is 0.497 e. The van der Waals surface area contributed by atoms with E-state index in [1.807, 2.05) is 18.2 Å². The molecule has 0 radical (unpaired) electrons. The number of fused-ring (bicyclic) bond motifs is 4. The molecule has 1 N–H and O–H groups in total. The molecule has 1 aromatic heterocycles. The third kappa shape index (κ3) is 3.83. The fourth-order valence-corrected chi connectivity index (χ4v) is 4.81. The maximum absolute atomic E-state index is 13.2. The molecule has 184 valence electrons. The van der Waals surface area contributed by atoms with E-state index in [0.717, 1.165) is 10.9 Å². The Labute approximate surface area is 211 Å². The molecule has 6 rings (SSSR count). The predicted molar refractivity (Wildman–Crippen MR) is 136 cm³/mol. The van der Waals surface area contributed by atoms with Gasteiger partial charge in [0, 0.05) is 27.9 Å². The van der Waals surface area contributed by atoms with Gasteiger partial charge >= 0.3 is 5.97 Å². The van der Waals surface area contributed by atoms with Gasteiger partial charge in [-0.25, -0.2) is 0 Å². The van der Waals surface area contributed by atoms with Gasteiger partial charge in [0.1, 0.15) is 23.0 Å². The number of methoxy groups -OCH3 is 2. The Kier molecular flexibility index (Phi) is 5.30. The molecule has 0 aliphatic carbocycles. The highest BCUT2D eigenvalue weighted by molar-refractivity contribution is 6.15. The monoisotopic (exact) mass is 495 g/mol. The average Bonchev–Trinajstić information content (AvgIpc) is 3.22. The number of aromatic amines is 1. The lowest BCUT2D eigenvalue weighted by molar-refractivity contribution is -0.135. The molecule has 8 nitrogen and oxygen atoms in total. The third-order valence-corrected chi connectivity index (χ3v) is 6.65. The molecule has 0 unspecified atom stereocenters. The van der Waals surface area contributed by atoms with Crippen LogP contribution in [-0.2, 0) is 4.79 Å². The van der Waals surface area contributed by atoms with Crippen molar-refractivity contribution in [1.29, 1.82) is 0 Å². The summed E-state index contributed by atoms with van der Waals surface area (Å²) < 4.78 is 22.1. The molecule has 37 heavy (non-hydrogen) atoms. The number of H-pyrrole nitrogens is 1. The summed E-state index contributed by atoms with van der Waals surface area (Å²) in [4.78, 5) is 41.8. The lowest BCUT2D eigenvalue weighted by Gasteiger charge is -2.26. The molecular formula is C29H21NO7. The van der Waals surface area contributed by atoms with Gasteiger partial charge in [0.15, 0.2) is 5.76 Å². The molecule has 8 heteroatoms. The highest BCUT2D eigenvalue weighted by Crippen LogP contribution is 2.48. The summed E-state index contributed by atoms with van der Waals surface area (Å²) in [7, 11) is 3.15. The molecule has 0 bridgehead atoms. The van der Waals surface area contributed by atoms with Gasteiger partial charge in [-0.2, -0.15) is 0 Å². The van der Waals surface area contributed by atoms with Crippen molar-refractivity contribution in [3.05, 3.63) is 99.0 Å². The number of benzene rings is 3. The lowest BCUT2D eigenvalue weighted by atomic mass is 9.85. The van der Waals surface area contributed by atoms with Crippen molar-refractivity contribution in [2.45, 2.75) is 12.3 Å². The Bertz CT molecular complexity index is 1680. The van der Waals surface area contributed by atoms with E-state index >= 15 is 0 Å². The number of allylic oxidation sites excluding steroid dienone is 1. The van der Waals surface area contributed by atoms with Crippen LogP contribution in [0.1, 0.15) is 39.4 Å². The number of hydrogen-bond acceptors (Lipinski definition) is 7.